The van der Waals surface area contributed by atoms with Crippen molar-refractivity contribution in [3.05, 3.63) is 66.7 Å². The second-order valence-electron chi connectivity index (χ2n) is 9.22. The Bertz CT molecular complexity index is 1450. The second kappa shape index (κ2) is 6.22. The maximum absolute atomic E-state index is 6.24. The minimum atomic E-state index is -0.382. The molecule has 1 fully saturated rings. The number of imidazole rings is 1. The molecule has 1 aliphatic heterocycles. The minimum Gasteiger partial charge on any atom is -0.423 e. The number of aromatic nitrogens is 2. The van der Waals surface area contributed by atoms with Gasteiger partial charge in [0.25, 0.3) is 0 Å². The van der Waals surface area contributed by atoms with Crippen molar-refractivity contribution in [1.82, 2.24) is 9.38 Å². The summed E-state index contributed by atoms with van der Waals surface area (Å²) in [6, 6.07) is 22.7. The largest absolute Gasteiger partial charge is 0.494 e. The predicted molar refractivity (Wildman–Crippen MR) is 124 cm³/mol. The third-order valence-electron chi connectivity index (χ3n) is 6.68. The maximum atomic E-state index is 6.24. The van der Waals surface area contributed by atoms with Gasteiger partial charge in [-0.1, -0.05) is 42.5 Å². The number of hydrogen-bond acceptors (Lipinski definition) is 4. The highest BCUT2D eigenvalue weighted by molar-refractivity contribution is 6.62. The zero-order valence-corrected chi connectivity index (χ0v) is 18.0. The molecule has 6 heteroatoms. The van der Waals surface area contributed by atoms with Gasteiger partial charge in [0.15, 0.2) is 5.58 Å². The molecule has 5 aromatic rings. The molecule has 0 N–H and O–H groups in total. The number of nitrogens with zero attached hydrogens (tertiary/aromatic N) is 2. The second-order valence-corrected chi connectivity index (χ2v) is 9.22. The van der Waals surface area contributed by atoms with Gasteiger partial charge in [0.1, 0.15) is 0 Å². The molecule has 0 unspecified atom stereocenters. The van der Waals surface area contributed by atoms with Gasteiger partial charge in [-0.05, 0) is 68.6 Å². The fraction of sp³-hybridized carbons (Fsp3) is 0.240. The number of rotatable bonds is 2. The molecule has 0 bridgehead atoms. The van der Waals surface area contributed by atoms with E-state index in [1.807, 2.05) is 24.3 Å². The fourth-order valence-corrected chi connectivity index (χ4v) is 4.21. The van der Waals surface area contributed by atoms with Crippen LogP contribution in [0.5, 0.6) is 0 Å². The normalized spacial score (nSPS) is 17.9. The maximum Gasteiger partial charge on any atom is 0.494 e. The van der Waals surface area contributed by atoms with Crippen LogP contribution in [0.4, 0.5) is 0 Å². The molecule has 5 nitrogen and oxygen atoms in total. The van der Waals surface area contributed by atoms with Crippen molar-refractivity contribution < 1.29 is 13.7 Å². The van der Waals surface area contributed by atoms with Crippen LogP contribution in [-0.2, 0) is 9.31 Å². The summed E-state index contributed by atoms with van der Waals surface area (Å²) in [7, 11) is -0.382. The lowest BCUT2D eigenvalue weighted by atomic mass is 9.78. The average molecular weight is 410 g/mol. The SMILES string of the molecule is CC1(C)OB(c2cccc(-c3ccc4oc5nc6ccccc6n5c4c3)c2)OC1(C)C. The third kappa shape index (κ3) is 2.75. The number of fused-ring (bicyclic) bond motifs is 5. The van der Waals surface area contributed by atoms with E-state index in [0.717, 1.165) is 38.7 Å². The van der Waals surface area contributed by atoms with Crippen molar-refractivity contribution in [3.63, 3.8) is 0 Å². The first-order valence-corrected chi connectivity index (χ1v) is 10.6. The number of benzene rings is 3. The molecule has 3 heterocycles. The highest BCUT2D eigenvalue weighted by atomic mass is 16.7. The van der Waals surface area contributed by atoms with Crippen LogP contribution in [0, 0.1) is 0 Å². The van der Waals surface area contributed by atoms with Crippen LogP contribution < -0.4 is 5.46 Å². The Morgan fingerprint density at radius 3 is 2.32 bits per heavy atom. The number of oxazole rings is 1. The molecule has 31 heavy (non-hydrogen) atoms. The lowest BCUT2D eigenvalue weighted by Gasteiger charge is -2.32. The Labute approximate surface area is 180 Å². The zero-order valence-electron chi connectivity index (χ0n) is 18.0. The Balaban J connectivity index is 1.45. The molecule has 0 amide bonds. The summed E-state index contributed by atoms with van der Waals surface area (Å²) in [6.45, 7) is 8.30. The smallest absolute Gasteiger partial charge is 0.423 e. The van der Waals surface area contributed by atoms with E-state index in [4.69, 9.17) is 13.7 Å². The highest BCUT2D eigenvalue weighted by Crippen LogP contribution is 2.37. The fourth-order valence-electron chi connectivity index (χ4n) is 4.21. The molecule has 1 saturated heterocycles. The third-order valence-corrected chi connectivity index (χ3v) is 6.68. The molecule has 2 aromatic heterocycles. The first-order chi connectivity index (χ1) is 14.8. The van der Waals surface area contributed by atoms with Crippen LogP contribution in [0.1, 0.15) is 27.7 Å². The molecule has 154 valence electrons. The summed E-state index contributed by atoms with van der Waals surface area (Å²) in [5, 5.41) is 0. The Kier molecular flexibility index (Phi) is 3.74. The van der Waals surface area contributed by atoms with E-state index in [1.165, 1.54) is 0 Å². The number of para-hydroxylation sites is 2. The van der Waals surface area contributed by atoms with Gasteiger partial charge in [0.2, 0.25) is 0 Å². The van der Waals surface area contributed by atoms with Crippen LogP contribution in [0.25, 0.3) is 39.1 Å². The van der Waals surface area contributed by atoms with Crippen molar-refractivity contribution in [2.75, 3.05) is 0 Å². The monoisotopic (exact) mass is 410 g/mol. The van der Waals surface area contributed by atoms with Crippen LogP contribution in [0.2, 0.25) is 0 Å². The van der Waals surface area contributed by atoms with Crippen LogP contribution in [-0.4, -0.2) is 27.7 Å². The van der Waals surface area contributed by atoms with Crippen molar-refractivity contribution in [2.45, 2.75) is 38.9 Å². The van der Waals surface area contributed by atoms with Gasteiger partial charge in [-0.3, -0.25) is 4.40 Å². The van der Waals surface area contributed by atoms with E-state index in [-0.39, 0.29) is 18.3 Å². The van der Waals surface area contributed by atoms with Crippen molar-refractivity contribution >= 4 is 40.6 Å². The molecule has 0 saturated carbocycles. The van der Waals surface area contributed by atoms with Crippen molar-refractivity contribution in [2.24, 2.45) is 0 Å². The molecular weight excluding hydrogens is 387 g/mol. The van der Waals surface area contributed by atoms with Gasteiger partial charge in [-0.25, -0.2) is 0 Å². The minimum absolute atomic E-state index is 0.364. The number of hydrogen-bond donors (Lipinski definition) is 0. The molecule has 0 spiro atoms. The van der Waals surface area contributed by atoms with Crippen LogP contribution >= 0.6 is 0 Å². The van der Waals surface area contributed by atoms with Gasteiger partial charge < -0.3 is 13.7 Å². The van der Waals surface area contributed by atoms with Crippen LogP contribution in [0.15, 0.2) is 71.1 Å². The lowest BCUT2D eigenvalue weighted by molar-refractivity contribution is 0.00578. The van der Waals surface area contributed by atoms with Gasteiger partial charge in [-0.15, -0.1) is 0 Å². The van der Waals surface area contributed by atoms with E-state index >= 15 is 0 Å². The molecule has 6 rings (SSSR count). The molecule has 0 aliphatic carbocycles. The summed E-state index contributed by atoms with van der Waals surface area (Å²) in [5.41, 5.74) is 6.28. The molecule has 0 atom stereocenters. The average Bonchev–Trinajstić information content (AvgIpc) is 3.34. The molecular formula is C25H23BN2O3. The summed E-state index contributed by atoms with van der Waals surface area (Å²) in [6.07, 6.45) is 0. The van der Waals surface area contributed by atoms with Crippen molar-refractivity contribution in [3.8, 4) is 11.1 Å². The zero-order chi connectivity index (χ0) is 21.4. The Morgan fingerprint density at radius 1 is 0.774 bits per heavy atom. The Morgan fingerprint density at radius 2 is 1.52 bits per heavy atom. The van der Waals surface area contributed by atoms with Gasteiger partial charge in [0.05, 0.1) is 27.8 Å². The summed E-state index contributed by atoms with van der Waals surface area (Å²) >= 11 is 0. The predicted octanol–water partition coefficient (Wildman–Crippen LogP) is 5.20. The van der Waals surface area contributed by atoms with Gasteiger partial charge >= 0.3 is 13.0 Å². The summed E-state index contributed by atoms with van der Waals surface area (Å²) < 4.78 is 20.6. The van der Waals surface area contributed by atoms with E-state index in [1.54, 1.807) is 0 Å². The van der Waals surface area contributed by atoms with E-state index < -0.39 is 0 Å². The lowest BCUT2D eigenvalue weighted by Crippen LogP contribution is -2.41. The Hall–Kier alpha value is -3.09. The van der Waals surface area contributed by atoms with Crippen molar-refractivity contribution in [1.29, 1.82) is 0 Å². The molecule has 0 radical (unpaired) electrons. The first kappa shape index (κ1) is 18.7. The van der Waals surface area contributed by atoms with Gasteiger partial charge in [-0.2, -0.15) is 4.98 Å². The van der Waals surface area contributed by atoms with Gasteiger partial charge in [0, 0.05) is 0 Å². The van der Waals surface area contributed by atoms with E-state index in [2.05, 4.69) is 79.5 Å². The molecule has 1 aliphatic rings. The van der Waals surface area contributed by atoms with E-state index in [0.29, 0.717) is 5.84 Å². The molecule has 3 aromatic carbocycles. The quantitative estimate of drug-likeness (QED) is 0.376. The van der Waals surface area contributed by atoms with E-state index in [9.17, 15) is 0 Å². The topological polar surface area (TPSA) is 48.9 Å². The summed E-state index contributed by atoms with van der Waals surface area (Å²) in [4.78, 5) is 4.61. The van der Waals surface area contributed by atoms with Crippen LogP contribution in [0.3, 0.4) is 0 Å². The first-order valence-electron chi connectivity index (χ1n) is 10.6. The summed E-state index contributed by atoms with van der Waals surface area (Å²) in [5.74, 6) is 0.610. The highest BCUT2D eigenvalue weighted by Gasteiger charge is 2.51. The standard InChI is InChI=1S/C25H23BN2O3/c1-24(2)25(3,4)31-26(30-24)18-9-7-8-16(14-18)17-12-13-22-21(15-17)28-20-11-6-5-10-19(20)27-23(28)29-22/h5-15H,1-4H3.